The summed E-state index contributed by atoms with van der Waals surface area (Å²) in [5.41, 5.74) is 2.54. The summed E-state index contributed by atoms with van der Waals surface area (Å²) in [4.78, 5) is 24.3. The molecule has 1 heterocycles. The number of unbranched alkanes of at least 4 members (excludes halogenated alkanes) is 1. The second-order valence-corrected chi connectivity index (χ2v) is 6.92. The monoisotopic (exact) mass is 407 g/mol. The van der Waals surface area contributed by atoms with E-state index in [0.29, 0.717) is 29.3 Å². The predicted octanol–water partition coefficient (Wildman–Crippen LogP) is 4.34. The number of hydrogen-bond donors (Lipinski definition) is 2. The fourth-order valence-electron chi connectivity index (χ4n) is 2.74. The van der Waals surface area contributed by atoms with Crippen LogP contribution >= 0.6 is 0 Å². The minimum absolute atomic E-state index is 0.143. The van der Waals surface area contributed by atoms with Crippen molar-refractivity contribution in [2.75, 3.05) is 11.9 Å². The van der Waals surface area contributed by atoms with E-state index in [4.69, 9.17) is 9.26 Å². The Kier molecular flexibility index (Phi) is 7.21. The quantitative estimate of drug-likeness (QED) is 0.515. The summed E-state index contributed by atoms with van der Waals surface area (Å²) in [5.74, 6) is 0.632. The van der Waals surface area contributed by atoms with E-state index in [9.17, 15) is 9.59 Å². The second-order valence-electron chi connectivity index (χ2n) is 6.92. The second kappa shape index (κ2) is 10.2. The summed E-state index contributed by atoms with van der Waals surface area (Å²) in [6.45, 7) is 4.76. The molecule has 0 aliphatic heterocycles. The number of rotatable bonds is 9. The maximum atomic E-state index is 12.3. The van der Waals surface area contributed by atoms with Crippen LogP contribution in [0.5, 0.6) is 5.75 Å². The van der Waals surface area contributed by atoms with Crippen LogP contribution < -0.4 is 15.4 Å². The van der Waals surface area contributed by atoms with Crippen molar-refractivity contribution in [2.45, 2.75) is 33.3 Å². The third-order valence-corrected chi connectivity index (χ3v) is 4.38. The van der Waals surface area contributed by atoms with E-state index in [2.05, 4.69) is 22.7 Å². The van der Waals surface area contributed by atoms with Gasteiger partial charge in [0.25, 0.3) is 11.8 Å². The van der Waals surface area contributed by atoms with Crippen LogP contribution in [0.1, 0.15) is 51.9 Å². The molecule has 7 nitrogen and oxygen atoms in total. The molecule has 0 radical (unpaired) electrons. The summed E-state index contributed by atoms with van der Waals surface area (Å²) in [7, 11) is 0. The van der Waals surface area contributed by atoms with Gasteiger partial charge in [-0.25, -0.2) is 0 Å². The topological polar surface area (TPSA) is 93.5 Å². The number of ether oxygens (including phenoxy) is 1. The third kappa shape index (κ3) is 5.94. The molecule has 3 aromatic rings. The van der Waals surface area contributed by atoms with Gasteiger partial charge in [0, 0.05) is 23.9 Å². The van der Waals surface area contributed by atoms with Gasteiger partial charge < -0.3 is 19.9 Å². The Morgan fingerprint density at radius 1 is 1.07 bits per heavy atom. The minimum atomic E-state index is -0.257. The van der Waals surface area contributed by atoms with Crippen LogP contribution in [0, 0.1) is 6.92 Å². The zero-order chi connectivity index (χ0) is 21.3. The van der Waals surface area contributed by atoms with Crippen molar-refractivity contribution in [1.82, 2.24) is 10.5 Å². The Balaban J connectivity index is 1.50. The van der Waals surface area contributed by atoms with Crippen LogP contribution in [0.2, 0.25) is 0 Å². The number of aromatic nitrogens is 1. The number of benzene rings is 2. The van der Waals surface area contributed by atoms with Crippen LogP contribution in [-0.4, -0.2) is 23.5 Å². The van der Waals surface area contributed by atoms with E-state index in [1.807, 2.05) is 25.1 Å². The molecule has 0 fully saturated rings. The van der Waals surface area contributed by atoms with E-state index >= 15 is 0 Å². The van der Waals surface area contributed by atoms with Crippen LogP contribution in [0.4, 0.5) is 5.69 Å². The van der Waals surface area contributed by atoms with E-state index in [1.54, 1.807) is 36.4 Å². The number of aryl methyl sites for hydroxylation is 1. The Morgan fingerprint density at radius 3 is 2.60 bits per heavy atom. The maximum absolute atomic E-state index is 12.3. The standard InChI is InChI=1S/C23H25N3O4/c1-3-4-12-24-23(28)21-14-20(30-26-21)15-29-19-10-8-18(9-11-19)25-22(27)17-7-5-6-16(2)13-17/h5-11,13-14H,3-4,12,15H2,1-2H3,(H,24,28)(H,25,27). The molecule has 0 unspecified atom stereocenters. The minimum Gasteiger partial charge on any atom is -0.486 e. The number of nitrogens with one attached hydrogen (secondary N) is 2. The van der Waals surface area contributed by atoms with Crippen LogP contribution in [0.3, 0.4) is 0 Å². The molecule has 0 saturated heterocycles. The van der Waals surface area contributed by atoms with Crippen molar-refractivity contribution in [3.8, 4) is 5.75 Å². The van der Waals surface area contributed by atoms with Crippen molar-refractivity contribution in [3.05, 3.63) is 77.2 Å². The first kappa shape index (κ1) is 21.1. The van der Waals surface area contributed by atoms with E-state index in [1.165, 1.54) is 0 Å². The van der Waals surface area contributed by atoms with Gasteiger partial charge in [0.05, 0.1) is 0 Å². The zero-order valence-electron chi connectivity index (χ0n) is 17.1. The first-order valence-electron chi connectivity index (χ1n) is 9.90. The SMILES string of the molecule is CCCCNC(=O)c1cc(COc2ccc(NC(=O)c3cccc(C)c3)cc2)on1. The van der Waals surface area contributed by atoms with Gasteiger partial charge in [0.1, 0.15) is 12.4 Å². The number of anilines is 1. The third-order valence-electron chi connectivity index (χ3n) is 4.38. The molecular weight excluding hydrogens is 382 g/mol. The Hall–Kier alpha value is -3.61. The smallest absolute Gasteiger partial charge is 0.273 e. The van der Waals surface area contributed by atoms with E-state index in [0.717, 1.165) is 18.4 Å². The molecule has 0 spiro atoms. The fraction of sp³-hybridized carbons (Fsp3) is 0.261. The average Bonchev–Trinajstić information content (AvgIpc) is 3.22. The zero-order valence-corrected chi connectivity index (χ0v) is 17.1. The maximum Gasteiger partial charge on any atom is 0.273 e. The van der Waals surface area contributed by atoms with Crippen molar-refractivity contribution >= 4 is 17.5 Å². The van der Waals surface area contributed by atoms with Gasteiger partial charge in [-0.3, -0.25) is 9.59 Å². The molecule has 3 rings (SSSR count). The molecule has 2 amide bonds. The lowest BCUT2D eigenvalue weighted by atomic mass is 10.1. The van der Waals surface area contributed by atoms with Crippen molar-refractivity contribution in [2.24, 2.45) is 0 Å². The Bertz CT molecular complexity index is 996. The molecular formula is C23H25N3O4. The van der Waals surface area contributed by atoms with Crippen LogP contribution in [-0.2, 0) is 6.61 Å². The molecule has 0 aliphatic carbocycles. The molecule has 0 saturated carbocycles. The largest absolute Gasteiger partial charge is 0.486 e. The predicted molar refractivity (Wildman–Crippen MR) is 114 cm³/mol. The van der Waals surface area contributed by atoms with Crippen molar-refractivity contribution < 1.29 is 18.8 Å². The van der Waals surface area contributed by atoms with Gasteiger partial charge in [-0.05, 0) is 49.7 Å². The summed E-state index contributed by atoms with van der Waals surface area (Å²) in [6, 6.07) is 16.0. The Labute approximate surface area is 175 Å². The van der Waals surface area contributed by atoms with E-state index < -0.39 is 0 Å². The average molecular weight is 407 g/mol. The normalized spacial score (nSPS) is 10.5. The van der Waals surface area contributed by atoms with Crippen molar-refractivity contribution in [3.63, 3.8) is 0 Å². The van der Waals surface area contributed by atoms with Gasteiger partial charge in [-0.1, -0.05) is 36.2 Å². The molecule has 2 N–H and O–H groups in total. The number of amides is 2. The highest BCUT2D eigenvalue weighted by molar-refractivity contribution is 6.04. The number of carbonyl (C=O) groups excluding carboxylic acids is 2. The lowest BCUT2D eigenvalue weighted by Crippen LogP contribution is -2.24. The van der Waals surface area contributed by atoms with Gasteiger partial charge in [0.2, 0.25) is 0 Å². The Morgan fingerprint density at radius 2 is 1.87 bits per heavy atom. The lowest BCUT2D eigenvalue weighted by Gasteiger charge is -2.08. The van der Waals surface area contributed by atoms with Gasteiger partial charge in [-0.15, -0.1) is 0 Å². The van der Waals surface area contributed by atoms with Crippen LogP contribution in [0.15, 0.2) is 59.1 Å². The van der Waals surface area contributed by atoms with Gasteiger partial charge in [0.15, 0.2) is 11.5 Å². The fourth-order valence-corrected chi connectivity index (χ4v) is 2.74. The molecule has 0 aliphatic rings. The van der Waals surface area contributed by atoms with Gasteiger partial charge in [-0.2, -0.15) is 0 Å². The molecule has 7 heteroatoms. The summed E-state index contributed by atoms with van der Waals surface area (Å²) < 4.78 is 10.8. The highest BCUT2D eigenvalue weighted by atomic mass is 16.5. The highest BCUT2D eigenvalue weighted by Gasteiger charge is 2.12. The number of hydrogen-bond acceptors (Lipinski definition) is 5. The van der Waals surface area contributed by atoms with Crippen LogP contribution in [0.25, 0.3) is 0 Å². The molecule has 156 valence electrons. The molecule has 1 aromatic heterocycles. The first-order chi connectivity index (χ1) is 14.5. The lowest BCUT2D eigenvalue weighted by molar-refractivity contribution is 0.0943. The molecule has 0 atom stereocenters. The summed E-state index contributed by atoms with van der Waals surface area (Å²) in [5, 5.41) is 9.42. The number of nitrogens with zero attached hydrogens (tertiary/aromatic N) is 1. The summed E-state index contributed by atoms with van der Waals surface area (Å²) >= 11 is 0. The molecule has 2 aromatic carbocycles. The summed E-state index contributed by atoms with van der Waals surface area (Å²) in [6.07, 6.45) is 1.92. The van der Waals surface area contributed by atoms with E-state index in [-0.39, 0.29) is 24.1 Å². The van der Waals surface area contributed by atoms with Crippen molar-refractivity contribution in [1.29, 1.82) is 0 Å². The molecule has 0 bridgehead atoms. The highest BCUT2D eigenvalue weighted by Crippen LogP contribution is 2.18. The number of carbonyl (C=O) groups is 2. The molecule has 30 heavy (non-hydrogen) atoms. The van der Waals surface area contributed by atoms with Gasteiger partial charge >= 0.3 is 0 Å². The first-order valence-corrected chi connectivity index (χ1v) is 9.90.